The first kappa shape index (κ1) is 12.1. The van der Waals surface area contributed by atoms with E-state index in [9.17, 15) is 8.78 Å². The standard InChI is InChI=1S/C13H11ClF2O/c1-7-3-4-17-13(7)12(14)9-6-10(15)8(2)5-11(9)16/h3-6,12H,1-2H3. The van der Waals surface area contributed by atoms with E-state index in [0.29, 0.717) is 5.76 Å². The maximum Gasteiger partial charge on any atom is 0.129 e. The van der Waals surface area contributed by atoms with E-state index in [0.717, 1.165) is 17.7 Å². The topological polar surface area (TPSA) is 13.1 Å². The molecule has 0 saturated carbocycles. The number of furan rings is 1. The van der Waals surface area contributed by atoms with E-state index in [1.54, 1.807) is 13.0 Å². The van der Waals surface area contributed by atoms with Crippen LogP contribution < -0.4 is 0 Å². The Morgan fingerprint density at radius 1 is 1.12 bits per heavy atom. The van der Waals surface area contributed by atoms with Crippen molar-refractivity contribution in [2.75, 3.05) is 0 Å². The van der Waals surface area contributed by atoms with Crippen LogP contribution in [-0.4, -0.2) is 0 Å². The van der Waals surface area contributed by atoms with E-state index >= 15 is 0 Å². The number of alkyl halides is 1. The lowest BCUT2D eigenvalue weighted by Gasteiger charge is -2.10. The van der Waals surface area contributed by atoms with Gasteiger partial charge < -0.3 is 4.42 Å². The second kappa shape index (κ2) is 4.49. The smallest absolute Gasteiger partial charge is 0.129 e. The molecule has 2 aromatic rings. The van der Waals surface area contributed by atoms with Crippen LogP contribution in [0.15, 0.2) is 28.9 Å². The van der Waals surface area contributed by atoms with Crippen molar-refractivity contribution >= 4 is 11.6 Å². The first-order valence-corrected chi connectivity index (χ1v) is 5.58. The minimum atomic E-state index is -0.819. The molecule has 1 nitrogen and oxygen atoms in total. The average Bonchev–Trinajstić information content (AvgIpc) is 2.69. The molecule has 0 amide bonds. The van der Waals surface area contributed by atoms with Crippen molar-refractivity contribution in [3.05, 3.63) is 58.5 Å². The van der Waals surface area contributed by atoms with Gasteiger partial charge in [-0.25, -0.2) is 8.78 Å². The van der Waals surface area contributed by atoms with Gasteiger partial charge in [0.25, 0.3) is 0 Å². The summed E-state index contributed by atoms with van der Waals surface area (Å²) in [6.07, 6.45) is 1.47. The molecule has 0 bridgehead atoms. The van der Waals surface area contributed by atoms with E-state index in [4.69, 9.17) is 16.0 Å². The van der Waals surface area contributed by atoms with Gasteiger partial charge in [-0.3, -0.25) is 0 Å². The zero-order chi connectivity index (χ0) is 12.6. The van der Waals surface area contributed by atoms with Crippen molar-refractivity contribution in [1.82, 2.24) is 0 Å². The van der Waals surface area contributed by atoms with Crippen LogP contribution >= 0.6 is 11.6 Å². The third-order valence-electron chi connectivity index (χ3n) is 2.68. The summed E-state index contributed by atoms with van der Waals surface area (Å²) in [5.41, 5.74) is 1.16. The molecule has 1 atom stereocenters. The lowest BCUT2D eigenvalue weighted by molar-refractivity contribution is 0.504. The fraction of sp³-hybridized carbons (Fsp3) is 0.231. The largest absolute Gasteiger partial charge is 0.467 e. The van der Waals surface area contributed by atoms with Crippen LogP contribution in [0.3, 0.4) is 0 Å². The maximum atomic E-state index is 13.7. The lowest BCUT2D eigenvalue weighted by atomic mass is 10.0. The summed E-state index contributed by atoms with van der Waals surface area (Å²) >= 11 is 6.11. The Balaban J connectivity index is 2.48. The van der Waals surface area contributed by atoms with Crippen LogP contribution in [0.5, 0.6) is 0 Å². The average molecular weight is 257 g/mol. The molecule has 1 unspecified atom stereocenters. The molecule has 0 saturated heterocycles. The Morgan fingerprint density at radius 2 is 1.82 bits per heavy atom. The summed E-state index contributed by atoms with van der Waals surface area (Å²) in [6, 6.07) is 3.98. The number of halogens is 3. The highest BCUT2D eigenvalue weighted by atomic mass is 35.5. The van der Waals surface area contributed by atoms with Gasteiger partial charge >= 0.3 is 0 Å². The van der Waals surface area contributed by atoms with Crippen LogP contribution in [0, 0.1) is 25.5 Å². The predicted octanol–water partition coefficient (Wildman–Crippen LogP) is 4.50. The first-order chi connectivity index (χ1) is 8.00. The molecule has 4 heteroatoms. The van der Waals surface area contributed by atoms with E-state index in [2.05, 4.69) is 0 Å². The molecule has 1 aromatic carbocycles. The molecule has 0 radical (unpaired) electrons. The van der Waals surface area contributed by atoms with Gasteiger partial charge in [-0.05, 0) is 43.2 Å². The number of rotatable bonds is 2. The van der Waals surface area contributed by atoms with Crippen LogP contribution in [0.2, 0.25) is 0 Å². The van der Waals surface area contributed by atoms with Crippen LogP contribution in [-0.2, 0) is 0 Å². The summed E-state index contributed by atoms with van der Waals surface area (Å²) in [5.74, 6) is -0.565. The summed E-state index contributed by atoms with van der Waals surface area (Å²) in [5, 5.41) is -0.819. The van der Waals surface area contributed by atoms with Gasteiger partial charge in [0.15, 0.2) is 0 Å². The van der Waals surface area contributed by atoms with E-state index in [1.807, 2.05) is 0 Å². The zero-order valence-corrected chi connectivity index (χ0v) is 10.2. The van der Waals surface area contributed by atoms with Gasteiger partial charge in [0.05, 0.1) is 6.26 Å². The Morgan fingerprint density at radius 3 is 2.41 bits per heavy atom. The minimum Gasteiger partial charge on any atom is -0.467 e. The monoisotopic (exact) mass is 256 g/mol. The molecular weight excluding hydrogens is 246 g/mol. The number of benzene rings is 1. The second-order valence-electron chi connectivity index (χ2n) is 3.95. The highest BCUT2D eigenvalue weighted by molar-refractivity contribution is 6.22. The van der Waals surface area contributed by atoms with E-state index in [-0.39, 0.29) is 11.1 Å². The molecule has 1 aromatic heterocycles. The second-order valence-corrected chi connectivity index (χ2v) is 4.39. The Hall–Kier alpha value is -1.35. The third kappa shape index (κ3) is 2.20. The molecular formula is C13H11ClF2O. The minimum absolute atomic E-state index is 0.0906. The maximum absolute atomic E-state index is 13.7. The molecule has 1 heterocycles. The first-order valence-electron chi connectivity index (χ1n) is 5.14. The van der Waals surface area contributed by atoms with Gasteiger partial charge in [0.2, 0.25) is 0 Å². The van der Waals surface area contributed by atoms with Crippen molar-refractivity contribution in [2.45, 2.75) is 19.2 Å². The summed E-state index contributed by atoms with van der Waals surface area (Å²) < 4.78 is 32.3. The molecule has 0 aliphatic rings. The third-order valence-corrected chi connectivity index (χ3v) is 3.12. The fourth-order valence-corrected chi connectivity index (χ4v) is 2.03. The van der Waals surface area contributed by atoms with Gasteiger partial charge in [0, 0.05) is 5.56 Å². The van der Waals surface area contributed by atoms with Gasteiger partial charge in [0.1, 0.15) is 22.8 Å². The fourth-order valence-electron chi connectivity index (χ4n) is 1.64. The van der Waals surface area contributed by atoms with Gasteiger partial charge in [-0.15, -0.1) is 11.6 Å². The van der Waals surface area contributed by atoms with Crippen molar-refractivity contribution < 1.29 is 13.2 Å². The Labute approximate surface area is 103 Å². The Kier molecular flexibility index (Phi) is 3.20. The molecule has 0 aliphatic heterocycles. The number of hydrogen-bond acceptors (Lipinski definition) is 1. The molecule has 0 aliphatic carbocycles. The summed E-state index contributed by atoms with van der Waals surface area (Å²) in [6.45, 7) is 3.31. The summed E-state index contributed by atoms with van der Waals surface area (Å²) in [4.78, 5) is 0. The van der Waals surface area contributed by atoms with Crippen LogP contribution in [0.25, 0.3) is 0 Å². The number of aryl methyl sites for hydroxylation is 2. The van der Waals surface area contributed by atoms with Crippen molar-refractivity contribution in [3.63, 3.8) is 0 Å². The number of hydrogen-bond donors (Lipinski definition) is 0. The van der Waals surface area contributed by atoms with Gasteiger partial charge in [-0.2, -0.15) is 0 Å². The van der Waals surface area contributed by atoms with Crippen molar-refractivity contribution in [1.29, 1.82) is 0 Å². The van der Waals surface area contributed by atoms with E-state index < -0.39 is 17.0 Å². The van der Waals surface area contributed by atoms with E-state index in [1.165, 1.54) is 13.2 Å². The SMILES string of the molecule is Cc1cc(F)c(C(Cl)c2occc2C)cc1F. The normalized spacial score (nSPS) is 12.8. The van der Waals surface area contributed by atoms with Gasteiger partial charge in [-0.1, -0.05) is 0 Å². The van der Waals surface area contributed by atoms with Crippen LogP contribution in [0.1, 0.15) is 27.8 Å². The molecule has 0 spiro atoms. The molecule has 2 rings (SSSR count). The highest BCUT2D eigenvalue weighted by Gasteiger charge is 2.21. The highest BCUT2D eigenvalue weighted by Crippen LogP contribution is 2.33. The molecule has 0 fully saturated rings. The van der Waals surface area contributed by atoms with Crippen molar-refractivity contribution in [2.24, 2.45) is 0 Å². The zero-order valence-electron chi connectivity index (χ0n) is 9.43. The molecule has 0 N–H and O–H groups in total. The molecule has 90 valence electrons. The molecule has 17 heavy (non-hydrogen) atoms. The lowest BCUT2D eigenvalue weighted by Crippen LogP contribution is -2.00. The Bertz CT molecular complexity index is 548. The predicted molar refractivity (Wildman–Crippen MR) is 62.2 cm³/mol. The summed E-state index contributed by atoms with van der Waals surface area (Å²) in [7, 11) is 0. The van der Waals surface area contributed by atoms with Crippen LogP contribution in [0.4, 0.5) is 8.78 Å². The van der Waals surface area contributed by atoms with Crippen molar-refractivity contribution in [3.8, 4) is 0 Å². The quantitative estimate of drug-likeness (QED) is 0.721.